The molecule has 1 fully saturated rings. The first-order chi connectivity index (χ1) is 8.72. The van der Waals surface area contributed by atoms with Gasteiger partial charge in [0.1, 0.15) is 0 Å². The van der Waals surface area contributed by atoms with Crippen molar-refractivity contribution in [2.24, 2.45) is 5.92 Å². The predicted octanol–water partition coefficient (Wildman–Crippen LogP) is 1.43. The number of carbonyl (C=O) groups is 1. The van der Waals surface area contributed by atoms with Gasteiger partial charge in [0.2, 0.25) is 5.91 Å². The van der Waals surface area contributed by atoms with Gasteiger partial charge in [-0.15, -0.1) is 0 Å². The third-order valence-corrected chi connectivity index (χ3v) is 3.64. The van der Waals surface area contributed by atoms with E-state index in [4.69, 9.17) is 5.11 Å². The Morgan fingerprint density at radius 1 is 1.50 bits per heavy atom. The predicted molar refractivity (Wildman–Crippen MR) is 73.4 cm³/mol. The van der Waals surface area contributed by atoms with E-state index < -0.39 is 0 Å². The number of hydrogen-bond donors (Lipinski definition) is 3. The van der Waals surface area contributed by atoms with E-state index in [2.05, 4.69) is 10.6 Å². The Kier molecular flexibility index (Phi) is 8.01. The molecule has 1 aliphatic heterocycles. The number of carbonyl (C=O) groups excluding carboxylic acids is 1. The molecule has 4 nitrogen and oxygen atoms in total. The molecule has 0 aromatic rings. The molecule has 106 valence electrons. The first-order valence-corrected chi connectivity index (χ1v) is 7.33. The molecule has 0 aliphatic carbocycles. The minimum atomic E-state index is 0.166. The van der Waals surface area contributed by atoms with Gasteiger partial charge in [-0.2, -0.15) is 0 Å². The van der Waals surface area contributed by atoms with Crippen LogP contribution in [0.15, 0.2) is 0 Å². The fourth-order valence-electron chi connectivity index (χ4n) is 2.33. The Labute approximate surface area is 111 Å². The summed E-state index contributed by atoms with van der Waals surface area (Å²) in [6, 6.07) is 0.541. The Morgan fingerprint density at radius 2 is 2.33 bits per heavy atom. The topological polar surface area (TPSA) is 61.4 Å². The zero-order valence-electron chi connectivity index (χ0n) is 11.6. The van der Waals surface area contributed by atoms with E-state index >= 15 is 0 Å². The summed E-state index contributed by atoms with van der Waals surface area (Å²) in [5, 5.41) is 15.3. The summed E-state index contributed by atoms with van der Waals surface area (Å²) in [4.78, 5) is 11.6. The van der Waals surface area contributed by atoms with E-state index in [-0.39, 0.29) is 12.5 Å². The van der Waals surface area contributed by atoms with E-state index in [9.17, 15) is 4.79 Å². The van der Waals surface area contributed by atoms with Crippen LogP contribution in [0.5, 0.6) is 0 Å². The summed E-state index contributed by atoms with van der Waals surface area (Å²) in [6.45, 7) is 4.10. The van der Waals surface area contributed by atoms with E-state index in [0.29, 0.717) is 18.4 Å². The lowest BCUT2D eigenvalue weighted by molar-refractivity contribution is -0.121. The smallest absolute Gasteiger partial charge is 0.220 e. The highest BCUT2D eigenvalue weighted by Gasteiger charge is 2.13. The van der Waals surface area contributed by atoms with Crippen LogP contribution in [0.1, 0.15) is 51.9 Å². The standard InChI is InChI=1S/C14H28N2O2/c1-12(11-17)5-4-10-16-14(18)8-7-13-6-2-3-9-15-13/h12-13,15,17H,2-11H2,1H3,(H,16,18). The second kappa shape index (κ2) is 9.34. The molecule has 2 atom stereocenters. The zero-order valence-corrected chi connectivity index (χ0v) is 11.6. The van der Waals surface area contributed by atoms with Gasteiger partial charge in [0.15, 0.2) is 0 Å². The molecule has 0 saturated carbocycles. The van der Waals surface area contributed by atoms with Crippen LogP contribution in [0.25, 0.3) is 0 Å². The summed E-state index contributed by atoms with van der Waals surface area (Å²) < 4.78 is 0. The van der Waals surface area contributed by atoms with Crippen LogP contribution in [-0.2, 0) is 4.79 Å². The van der Waals surface area contributed by atoms with Crippen molar-refractivity contribution in [1.29, 1.82) is 0 Å². The normalized spacial score (nSPS) is 21.6. The minimum absolute atomic E-state index is 0.166. The van der Waals surface area contributed by atoms with Crippen molar-refractivity contribution in [2.75, 3.05) is 19.7 Å². The van der Waals surface area contributed by atoms with Crippen LogP contribution in [0.4, 0.5) is 0 Å². The largest absolute Gasteiger partial charge is 0.396 e. The fourth-order valence-corrected chi connectivity index (χ4v) is 2.33. The Balaban J connectivity index is 1.96. The van der Waals surface area contributed by atoms with Gasteiger partial charge < -0.3 is 15.7 Å². The molecule has 3 N–H and O–H groups in total. The molecule has 1 rings (SSSR count). The molecule has 1 aliphatic rings. The lowest BCUT2D eigenvalue weighted by Crippen LogP contribution is -2.35. The molecule has 1 saturated heterocycles. The Bertz CT molecular complexity index is 228. The summed E-state index contributed by atoms with van der Waals surface area (Å²) >= 11 is 0. The summed E-state index contributed by atoms with van der Waals surface area (Å²) in [7, 11) is 0. The van der Waals surface area contributed by atoms with Crippen molar-refractivity contribution < 1.29 is 9.90 Å². The molecule has 2 unspecified atom stereocenters. The average molecular weight is 256 g/mol. The molecule has 1 amide bonds. The molecule has 0 aromatic carbocycles. The third kappa shape index (κ3) is 6.97. The highest BCUT2D eigenvalue weighted by Crippen LogP contribution is 2.11. The Morgan fingerprint density at radius 3 is 3.00 bits per heavy atom. The van der Waals surface area contributed by atoms with Crippen LogP contribution in [0.3, 0.4) is 0 Å². The van der Waals surface area contributed by atoms with E-state index in [0.717, 1.165) is 32.4 Å². The molecule has 1 heterocycles. The maximum atomic E-state index is 11.6. The number of amides is 1. The number of aliphatic hydroxyl groups is 1. The zero-order chi connectivity index (χ0) is 13.2. The van der Waals surface area contributed by atoms with Gasteiger partial charge in [-0.1, -0.05) is 13.3 Å². The van der Waals surface area contributed by atoms with E-state index in [1.165, 1.54) is 19.3 Å². The van der Waals surface area contributed by atoms with E-state index in [1.54, 1.807) is 0 Å². The fraction of sp³-hybridized carbons (Fsp3) is 0.929. The molecule has 0 radical (unpaired) electrons. The van der Waals surface area contributed by atoms with Crippen molar-refractivity contribution in [3.05, 3.63) is 0 Å². The third-order valence-electron chi connectivity index (χ3n) is 3.64. The monoisotopic (exact) mass is 256 g/mol. The van der Waals surface area contributed by atoms with E-state index in [1.807, 2.05) is 6.92 Å². The maximum absolute atomic E-state index is 11.6. The molecule has 18 heavy (non-hydrogen) atoms. The van der Waals surface area contributed by atoms with Gasteiger partial charge in [0.05, 0.1) is 0 Å². The average Bonchev–Trinajstić information content (AvgIpc) is 2.42. The number of piperidine rings is 1. The molecule has 0 aromatic heterocycles. The Hall–Kier alpha value is -0.610. The molecule has 0 spiro atoms. The first kappa shape index (κ1) is 15.4. The van der Waals surface area contributed by atoms with Gasteiger partial charge in [-0.25, -0.2) is 0 Å². The van der Waals surface area contributed by atoms with Crippen molar-refractivity contribution in [3.63, 3.8) is 0 Å². The van der Waals surface area contributed by atoms with Crippen LogP contribution >= 0.6 is 0 Å². The molecular weight excluding hydrogens is 228 g/mol. The van der Waals surface area contributed by atoms with Crippen LogP contribution < -0.4 is 10.6 Å². The number of nitrogens with one attached hydrogen (secondary N) is 2. The van der Waals surface area contributed by atoms with Gasteiger partial charge >= 0.3 is 0 Å². The van der Waals surface area contributed by atoms with Gasteiger partial charge in [-0.05, 0) is 44.6 Å². The van der Waals surface area contributed by atoms with Crippen molar-refractivity contribution in [2.45, 2.75) is 57.9 Å². The first-order valence-electron chi connectivity index (χ1n) is 7.33. The van der Waals surface area contributed by atoms with Gasteiger partial charge in [0, 0.05) is 25.6 Å². The quantitative estimate of drug-likeness (QED) is 0.576. The lowest BCUT2D eigenvalue weighted by Gasteiger charge is -2.23. The number of aliphatic hydroxyl groups excluding tert-OH is 1. The summed E-state index contributed by atoms with van der Waals surface area (Å²) in [5.74, 6) is 0.507. The van der Waals surface area contributed by atoms with Crippen LogP contribution in [-0.4, -0.2) is 36.8 Å². The summed E-state index contributed by atoms with van der Waals surface area (Å²) in [6.07, 6.45) is 7.29. The lowest BCUT2D eigenvalue weighted by atomic mass is 10.0. The molecular formula is C14H28N2O2. The SMILES string of the molecule is CC(CO)CCCNC(=O)CCC1CCCCN1. The maximum Gasteiger partial charge on any atom is 0.220 e. The highest BCUT2D eigenvalue weighted by atomic mass is 16.3. The van der Waals surface area contributed by atoms with Crippen LogP contribution in [0.2, 0.25) is 0 Å². The number of rotatable bonds is 8. The molecule has 0 bridgehead atoms. The van der Waals surface area contributed by atoms with Crippen molar-refractivity contribution in [3.8, 4) is 0 Å². The van der Waals surface area contributed by atoms with Crippen molar-refractivity contribution >= 4 is 5.91 Å². The molecule has 4 heteroatoms. The summed E-state index contributed by atoms with van der Waals surface area (Å²) in [5.41, 5.74) is 0. The number of hydrogen-bond acceptors (Lipinski definition) is 3. The minimum Gasteiger partial charge on any atom is -0.396 e. The highest BCUT2D eigenvalue weighted by molar-refractivity contribution is 5.75. The van der Waals surface area contributed by atoms with Crippen molar-refractivity contribution in [1.82, 2.24) is 10.6 Å². The van der Waals surface area contributed by atoms with Gasteiger partial charge in [0.25, 0.3) is 0 Å². The second-order valence-corrected chi connectivity index (χ2v) is 5.47. The van der Waals surface area contributed by atoms with Gasteiger partial charge in [-0.3, -0.25) is 4.79 Å². The second-order valence-electron chi connectivity index (χ2n) is 5.47. The van der Waals surface area contributed by atoms with Crippen LogP contribution in [0, 0.1) is 5.92 Å².